The summed E-state index contributed by atoms with van der Waals surface area (Å²) in [5.74, 6) is -3.26. The lowest BCUT2D eigenvalue weighted by Crippen LogP contribution is -2.62. The van der Waals surface area contributed by atoms with E-state index in [0.717, 1.165) is 0 Å². The van der Waals surface area contributed by atoms with E-state index in [1.165, 1.54) is 29.1 Å². The molecule has 0 spiro atoms. The van der Waals surface area contributed by atoms with Crippen LogP contribution < -0.4 is 21.5 Å². The predicted octanol–water partition coefficient (Wildman–Crippen LogP) is 5.42. The highest BCUT2D eigenvalue weighted by atomic mass is 19.1. The molecule has 0 radical (unpaired) electrons. The molecular weight excluding hydrogens is 620 g/mol. The first-order chi connectivity index (χ1) is 22.9. The summed E-state index contributed by atoms with van der Waals surface area (Å²) in [4.78, 5) is 55.0. The van der Waals surface area contributed by atoms with Crippen LogP contribution >= 0.6 is 0 Å². The quantitative estimate of drug-likeness (QED) is 0.240. The van der Waals surface area contributed by atoms with Crippen molar-refractivity contribution in [2.24, 2.45) is 0 Å². The number of benzene rings is 2. The minimum absolute atomic E-state index is 0.0122. The molecule has 48 heavy (non-hydrogen) atoms. The number of para-hydroxylation sites is 1. The zero-order chi connectivity index (χ0) is 34.2. The molecule has 2 N–H and O–H groups in total. The monoisotopic (exact) mass is 655 g/mol. The van der Waals surface area contributed by atoms with Gasteiger partial charge in [0.15, 0.2) is 11.4 Å². The van der Waals surface area contributed by atoms with Gasteiger partial charge in [-0.3, -0.25) is 19.1 Å². The Balaban J connectivity index is 1.62. The van der Waals surface area contributed by atoms with Gasteiger partial charge in [-0.15, -0.1) is 0 Å². The minimum atomic E-state index is -1.01. The molecule has 2 atom stereocenters. The number of fused-ring (bicyclic) bond motifs is 6. The van der Waals surface area contributed by atoms with Gasteiger partial charge in [-0.05, 0) is 37.0 Å². The van der Waals surface area contributed by atoms with Crippen molar-refractivity contribution in [3.63, 3.8) is 0 Å². The maximum atomic E-state index is 17.6. The number of carbonyl (C=O) groups excluding carboxylic acids is 1. The lowest BCUT2D eigenvalue weighted by molar-refractivity contribution is -0.128. The second-order valence-electron chi connectivity index (χ2n) is 13.0. The van der Waals surface area contributed by atoms with Crippen LogP contribution in [0.15, 0.2) is 57.3 Å². The highest BCUT2D eigenvalue weighted by Gasteiger charge is 2.40. The molecule has 2 aliphatic rings. The summed E-state index contributed by atoms with van der Waals surface area (Å²) in [7, 11) is 0. The smallest absolute Gasteiger partial charge is 0.407 e. The van der Waals surface area contributed by atoms with Crippen LogP contribution in [-0.4, -0.2) is 62.0 Å². The highest BCUT2D eigenvalue weighted by molar-refractivity contribution is 6.04. The number of halogens is 2. The Bertz CT molecular complexity index is 2250. The van der Waals surface area contributed by atoms with Gasteiger partial charge in [-0.25, -0.2) is 23.5 Å². The van der Waals surface area contributed by atoms with Crippen LogP contribution in [0.1, 0.15) is 57.8 Å². The molecule has 5 aromatic rings. The number of aromatic nitrogens is 4. The van der Waals surface area contributed by atoms with Crippen molar-refractivity contribution < 1.29 is 18.0 Å². The van der Waals surface area contributed by atoms with E-state index in [4.69, 9.17) is 4.42 Å². The number of hydrogen-bond acceptors (Lipinski definition) is 8. The molecule has 1 saturated heterocycles. The zero-order valence-corrected chi connectivity index (χ0v) is 27.2. The van der Waals surface area contributed by atoms with Crippen molar-refractivity contribution in [3.05, 3.63) is 87.2 Å². The molecule has 2 unspecified atom stereocenters. The first-order valence-electron chi connectivity index (χ1n) is 15.9. The van der Waals surface area contributed by atoms with E-state index in [2.05, 4.69) is 26.8 Å². The minimum Gasteiger partial charge on any atom is -0.407 e. The van der Waals surface area contributed by atoms with Crippen molar-refractivity contribution in [1.82, 2.24) is 24.4 Å². The van der Waals surface area contributed by atoms with Crippen LogP contribution in [0.5, 0.6) is 0 Å². The molecule has 13 heteroatoms. The van der Waals surface area contributed by atoms with E-state index >= 15 is 8.78 Å². The average molecular weight is 656 g/mol. The molecule has 2 aromatic carbocycles. The zero-order valence-electron chi connectivity index (χ0n) is 27.2. The van der Waals surface area contributed by atoms with Gasteiger partial charge >= 0.3 is 5.76 Å². The van der Waals surface area contributed by atoms with Gasteiger partial charge < -0.3 is 19.5 Å². The van der Waals surface area contributed by atoms with Gasteiger partial charge in [-0.2, -0.15) is 0 Å². The van der Waals surface area contributed by atoms with Crippen molar-refractivity contribution in [2.45, 2.75) is 58.5 Å². The Labute approximate surface area is 273 Å². The van der Waals surface area contributed by atoms with Crippen LogP contribution in [-0.2, 0) is 4.79 Å². The summed E-state index contributed by atoms with van der Waals surface area (Å²) in [5, 5.41) is 3.42. The first-order valence-corrected chi connectivity index (χ1v) is 15.9. The van der Waals surface area contributed by atoms with E-state index in [1.807, 2.05) is 39.5 Å². The van der Waals surface area contributed by atoms with Gasteiger partial charge in [0.2, 0.25) is 5.91 Å². The fourth-order valence-electron chi connectivity index (χ4n) is 7.16. The van der Waals surface area contributed by atoms with Crippen molar-refractivity contribution in [3.8, 4) is 16.8 Å². The number of amides is 1. The summed E-state index contributed by atoms with van der Waals surface area (Å²) in [6.45, 7) is 14.2. The van der Waals surface area contributed by atoms with Gasteiger partial charge in [0, 0.05) is 36.6 Å². The van der Waals surface area contributed by atoms with Crippen molar-refractivity contribution >= 4 is 39.3 Å². The SMILES string of the molecule is C=CC(=O)N1CC2CNc3c(c4cc(F)c(-c5cccc6[nH]c(=O)oc56)c(F)c4n(-c4c(C(C)C)ncnc4C(C)C)c3=O)N2CC1C. The second kappa shape index (κ2) is 11.4. The number of aromatic amines is 1. The first kappa shape index (κ1) is 31.3. The summed E-state index contributed by atoms with van der Waals surface area (Å²) >= 11 is 0. The second-order valence-corrected chi connectivity index (χ2v) is 13.0. The van der Waals surface area contributed by atoms with E-state index in [9.17, 15) is 14.4 Å². The number of hydrogen-bond donors (Lipinski definition) is 2. The lowest BCUT2D eigenvalue weighted by atomic mass is 9.95. The Morgan fingerprint density at radius 1 is 1.08 bits per heavy atom. The Hall–Kier alpha value is -5.33. The third kappa shape index (κ3) is 4.62. The fourth-order valence-corrected chi connectivity index (χ4v) is 7.16. The number of nitrogens with one attached hydrogen (secondary N) is 2. The topological polar surface area (TPSA) is 129 Å². The molecule has 3 aromatic heterocycles. The number of nitrogens with zero attached hydrogens (tertiary/aromatic N) is 5. The van der Waals surface area contributed by atoms with E-state index in [0.29, 0.717) is 42.4 Å². The molecule has 0 bridgehead atoms. The van der Waals surface area contributed by atoms with E-state index in [1.54, 1.807) is 17.0 Å². The van der Waals surface area contributed by atoms with Gasteiger partial charge in [0.1, 0.15) is 17.8 Å². The molecule has 0 aliphatic carbocycles. The number of oxazole rings is 1. The van der Waals surface area contributed by atoms with Crippen molar-refractivity contribution in [2.75, 3.05) is 29.9 Å². The highest BCUT2D eigenvalue weighted by Crippen LogP contribution is 2.44. The molecule has 1 amide bonds. The normalized spacial score (nSPS) is 17.6. The summed E-state index contributed by atoms with van der Waals surface area (Å²) in [6, 6.07) is 5.26. The van der Waals surface area contributed by atoms with Crippen LogP contribution in [0.25, 0.3) is 38.8 Å². The van der Waals surface area contributed by atoms with Gasteiger partial charge in [0.05, 0.1) is 45.4 Å². The number of carbonyl (C=O) groups is 1. The molecule has 0 saturated carbocycles. The van der Waals surface area contributed by atoms with Gasteiger partial charge in [-0.1, -0.05) is 46.4 Å². The number of piperazine rings is 1. The fraction of sp³-hybridized carbons (Fsp3) is 0.343. The third-order valence-electron chi connectivity index (χ3n) is 9.34. The predicted molar refractivity (Wildman–Crippen MR) is 180 cm³/mol. The molecule has 11 nitrogen and oxygen atoms in total. The Morgan fingerprint density at radius 2 is 1.79 bits per heavy atom. The number of pyridine rings is 1. The maximum Gasteiger partial charge on any atom is 0.417 e. The number of rotatable bonds is 5. The van der Waals surface area contributed by atoms with Crippen LogP contribution in [0.2, 0.25) is 0 Å². The van der Waals surface area contributed by atoms with E-state index < -0.39 is 28.5 Å². The summed E-state index contributed by atoms with van der Waals surface area (Å²) in [6.07, 6.45) is 2.70. The molecule has 1 fully saturated rings. The molecule has 5 heterocycles. The molecule has 248 valence electrons. The largest absolute Gasteiger partial charge is 0.417 e. The lowest BCUT2D eigenvalue weighted by Gasteiger charge is -2.49. The Kier molecular flexibility index (Phi) is 7.45. The van der Waals surface area contributed by atoms with Gasteiger partial charge in [0.25, 0.3) is 5.56 Å². The standard InChI is InChI=1S/C35H35F2N7O4/c1-7-24(45)42-14-19-12-38-29-31(43(19)13-18(42)6)21-11-22(36)25(20-9-8-10-23-33(20)48-35(47)41-23)26(37)30(21)44(34(29)46)32-27(16(2)3)39-15-40-28(32)17(4)5/h7-11,15-19,38H,1,12-14H2,2-6H3,(H,41,47). The number of anilines is 2. The molecular formula is C35H35F2N7O4. The maximum absolute atomic E-state index is 17.6. The van der Waals surface area contributed by atoms with Crippen LogP contribution in [0.3, 0.4) is 0 Å². The third-order valence-corrected chi connectivity index (χ3v) is 9.34. The summed E-state index contributed by atoms with van der Waals surface area (Å²) < 4.78 is 40.7. The van der Waals surface area contributed by atoms with Crippen LogP contribution in [0.4, 0.5) is 20.2 Å². The summed E-state index contributed by atoms with van der Waals surface area (Å²) in [5.41, 5.74) is 1.04. The van der Waals surface area contributed by atoms with Crippen LogP contribution in [0, 0.1) is 11.6 Å². The molecule has 7 rings (SSSR count). The average Bonchev–Trinajstić information content (AvgIpc) is 3.45. The number of H-pyrrole nitrogens is 1. The van der Waals surface area contributed by atoms with E-state index in [-0.39, 0.29) is 63.1 Å². The Morgan fingerprint density at radius 3 is 2.46 bits per heavy atom. The molecule has 2 aliphatic heterocycles. The van der Waals surface area contributed by atoms with Crippen molar-refractivity contribution in [1.29, 1.82) is 0 Å².